The Morgan fingerprint density at radius 3 is 2.64 bits per heavy atom. The topological polar surface area (TPSA) is 77.4 Å². The van der Waals surface area contributed by atoms with E-state index in [2.05, 4.69) is 4.74 Å². The summed E-state index contributed by atoms with van der Waals surface area (Å²) in [5.41, 5.74) is -0.581. The summed E-state index contributed by atoms with van der Waals surface area (Å²) in [4.78, 5) is 10.7. The quantitative estimate of drug-likeness (QED) is 0.823. The van der Waals surface area contributed by atoms with Crippen molar-refractivity contribution in [2.45, 2.75) is 36.6 Å². The van der Waals surface area contributed by atoms with Crippen molar-refractivity contribution in [1.29, 1.82) is 0 Å². The fourth-order valence-electron chi connectivity index (χ4n) is 2.09. The summed E-state index contributed by atoms with van der Waals surface area (Å²) < 4.78 is 71.9. The Kier molecular flexibility index (Phi) is 4.26. The molecule has 124 valence electrons. The van der Waals surface area contributed by atoms with Crippen LogP contribution in [-0.4, -0.2) is 37.5 Å². The summed E-state index contributed by atoms with van der Waals surface area (Å²) >= 11 is 0. The van der Waals surface area contributed by atoms with Crippen molar-refractivity contribution in [2.75, 3.05) is 6.61 Å². The van der Waals surface area contributed by atoms with Gasteiger partial charge in [0.15, 0.2) is 11.5 Å². The van der Waals surface area contributed by atoms with Gasteiger partial charge in [0.25, 0.3) is 5.92 Å². The maximum Gasteiger partial charge on any atom is 0.358 e. The molecule has 1 N–H and O–H groups in total. The molecule has 10 heteroatoms. The molecule has 0 spiro atoms. The number of sulfonamides is 1. The minimum atomic E-state index is -4.51. The highest BCUT2D eigenvalue weighted by Gasteiger charge is 2.50. The minimum Gasteiger partial charge on any atom is -0.461 e. The summed E-state index contributed by atoms with van der Waals surface area (Å²) in [5.74, 6) is -5.50. The Morgan fingerprint density at radius 1 is 1.55 bits per heavy atom. The first-order chi connectivity index (χ1) is 10.1. The summed E-state index contributed by atoms with van der Waals surface area (Å²) in [5, 5.41) is 0. The van der Waals surface area contributed by atoms with Crippen LogP contribution in [0.1, 0.15) is 30.3 Å². The molecule has 0 saturated heterocycles. The first-order valence-electron chi connectivity index (χ1n) is 6.52. The molecule has 1 aromatic heterocycles. The van der Waals surface area contributed by atoms with Gasteiger partial charge in [-0.15, -0.1) is 0 Å². The highest BCUT2D eigenvalue weighted by molar-refractivity contribution is 7.89. The van der Waals surface area contributed by atoms with Gasteiger partial charge in [-0.1, -0.05) is 0 Å². The van der Waals surface area contributed by atoms with Crippen molar-refractivity contribution in [1.82, 2.24) is 9.29 Å². The van der Waals surface area contributed by atoms with Crippen LogP contribution in [0, 0.1) is 5.82 Å². The van der Waals surface area contributed by atoms with Crippen molar-refractivity contribution in [2.24, 2.45) is 7.05 Å². The molecule has 1 atom stereocenters. The lowest BCUT2D eigenvalue weighted by atomic mass is 9.89. The van der Waals surface area contributed by atoms with E-state index in [9.17, 15) is 26.4 Å². The predicted octanol–water partition coefficient (Wildman–Crippen LogP) is 1.42. The second kappa shape index (κ2) is 5.58. The van der Waals surface area contributed by atoms with E-state index in [0.29, 0.717) is 0 Å². The van der Waals surface area contributed by atoms with Crippen molar-refractivity contribution in [3.05, 3.63) is 17.7 Å². The van der Waals surface area contributed by atoms with Crippen LogP contribution in [0.5, 0.6) is 0 Å². The number of hydrogen-bond donors (Lipinski definition) is 1. The van der Waals surface area contributed by atoms with E-state index in [1.807, 2.05) is 0 Å². The third kappa shape index (κ3) is 2.84. The Hall–Kier alpha value is -1.55. The zero-order valence-electron chi connectivity index (χ0n) is 11.9. The lowest BCUT2D eigenvalue weighted by molar-refractivity contribution is -0.0979. The number of hydrogen-bond acceptors (Lipinski definition) is 4. The molecule has 1 aliphatic carbocycles. The third-order valence-electron chi connectivity index (χ3n) is 3.42. The van der Waals surface area contributed by atoms with E-state index in [4.69, 9.17) is 0 Å². The number of carbonyl (C=O) groups excluding carboxylic acids is 1. The zero-order chi connectivity index (χ0) is 16.7. The van der Waals surface area contributed by atoms with Crippen molar-refractivity contribution in [3.8, 4) is 0 Å². The van der Waals surface area contributed by atoms with Gasteiger partial charge in [-0.3, -0.25) is 0 Å². The average molecular weight is 340 g/mol. The molecular weight excluding hydrogens is 325 g/mol. The van der Waals surface area contributed by atoms with Crippen LogP contribution in [0.2, 0.25) is 0 Å². The van der Waals surface area contributed by atoms with Gasteiger partial charge in [-0.05, 0) is 13.3 Å². The summed E-state index contributed by atoms with van der Waals surface area (Å²) in [6.07, 6.45) is 0.387. The number of aromatic nitrogens is 1. The Morgan fingerprint density at radius 2 is 2.18 bits per heavy atom. The molecule has 22 heavy (non-hydrogen) atoms. The Labute approximate surface area is 125 Å². The molecular formula is C12H15F3N2O4S. The Balaban J connectivity index is 2.32. The number of halogens is 3. The molecule has 1 saturated carbocycles. The molecule has 1 unspecified atom stereocenters. The van der Waals surface area contributed by atoms with Crippen molar-refractivity contribution >= 4 is 16.0 Å². The SMILES string of the molecule is CCOC(=O)c1c(F)c(S(=O)(=O)NC2CCC2(F)F)cn1C. The van der Waals surface area contributed by atoms with Crippen LogP contribution < -0.4 is 4.72 Å². The number of alkyl halides is 2. The lowest BCUT2D eigenvalue weighted by Gasteiger charge is -2.36. The summed E-state index contributed by atoms with van der Waals surface area (Å²) in [6, 6.07) is -1.57. The van der Waals surface area contributed by atoms with Crippen LogP contribution in [0.3, 0.4) is 0 Å². The van der Waals surface area contributed by atoms with Crippen molar-refractivity contribution in [3.63, 3.8) is 0 Å². The molecule has 1 aromatic rings. The fourth-order valence-corrected chi connectivity index (χ4v) is 3.51. The lowest BCUT2D eigenvalue weighted by Crippen LogP contribution is -2.54. The first kappa shape index (κ1) is 16.8. The largest absolute Gasteiger partial charge is 0.461 e. The van der Waals surface area contributed by atoms with Crippen LogP contribution >= 0.6 is 0 Å². The maximum atomic E-state index is 14.2. The molecule has 1 heterocycles. The fraction of sp³-hybridized carbons (Fsp3) is 0.583. The molecule has 0 aromatic carbocycles. The highest BCUT2D eigenvalue weighted by Crippen LogP contribution is 2.38. The minimum absolute atomic E-state index is 0.0158. The van der Waals surface area contributed by atoms with Crippen LogP contribution in [0.15, 0.2) is 11.1 Å². The van der Waals surface area contributed by atoms with Crippen LogP contribution in [0.4, 0.5) is 13.2 Å². The molecule has 6 nitrogen and oxygen atoms in total. The first-order valence-corrected chi connectivity index (χ1v) is 8.00. The molecule has 1 aliphatic rings. The van der Waals surface area contributed by atoms with Gasteiger partial charge in [0, 0.05) is 19.7 Å². The smallest absolute Gasteiger partial charge is 0.358 e. The number of esters is 1. The van der Waals surface area contributed by atoms with Crippen LogP contribution in [0.25, 0.3) is 0 Å². The number of carbonyl (C=O) groups is 1. The maximum absolute atomic E-state index is 14.2. The second-order valence-electron chi connectivity index (χ2n) is 4.96. The molecule has 0 radical (unpaired) electrons. The number of nitrogens with one attached hydrogen (secondary N) is 1. The van der Waals surface area contributed by atoms with Gasteiger partial charge in [0.1, 0.15) is 4.90 Å². The van der Waals surface area contributed by atoms with E-state index in [-0.39, 0.29) is 13.0 Å². The van der Waals surface area contributed by atoms with Gasteiger partial charge in [-0.2, -0.15) is 0 Å². The van der Waals surface area contributed by atoms with Gasteiger partial charge in [-0.25, -0.2) is 31.1 Å². The van der Waals surface area contributed by atoms with E-state index in [1.54, 1.807) is 4.72 Å². The molecule has 1 fully saturated rings. The molecule has 0 bridgehead atoms. The number of nitrogens with zero attached hydrogens (tertiary/aromatic N) is 1. The molecule has 0 amide bonds. The molecule has 2 rings (SSSR count). The third-order valence-corrected chi connectivity index (χ3v) is 4.88. The predicted molar refractivity (Wildman–Crippen MR) is 69.6 cm³/mol. The summed E-state index contributed by atoms with van der Waals surface area (Å²) in [6.45, 7) is 1.49. The number of ether oxygens (including phenoxy) is 1. The van der Waals surface area contributed by atoms with E-state index in [1.165, 1.54) is 14.0 Å². The number of aryl methyl sites for hydroxylation is 1. The van der Waals surface area contributed by atoms with E-state index >= 15 is 0 Å². The van der Waals surface area contributed by atoms with E-state index < -0.39 is 50.8 Å². The van der Waals surface area contributed by atoms with E-state index in [0.717, 1.165) is 10.8 Å². The molecule has 0 aliphatic heterocycles. The zero-order valence-corrected chi connectivity index (χ0v) is 12.7. The normalized spacial score (nSPS) is 20.5. The monoisotopic (exact) mass is 340 g/mol. The standard InChI is InChI=1S/C12H15F3N2O4S/c1-3-21-11(18)10-9(13)7(6-17(10)2)22(19,20)16-8-4-5-12(8,14)15/h6,8,16H,3-5H2,1-2H3. The highest BCUT2D eigenvalue weighted by atomic mass is 32.2. The van der Waals surface area contributed by atoms with Gasteiger partial charge in [0.05, 0.1) is 12.6 Å². The average Bonchev–Trinajstić information content (AvgIpc) is 2.71. The Bertz CT molecular complexity index is 699. The summed E-state index contributed by atoms with van der Waals surface area (Å²) in [7, 11) is -3.25. The van der Waals surface area contributed by atoms with Gasteiger partial charge < -0.3 is 9.30 Å². The van der Waals surface area contributed by atoms with Crippen molar-refractivity contribution < 1.29 is 31.1 Å². The number of rotatable bonds is 5. The second-order valence-corrected chi connectivity index (χ2v) is 6.64. The van der Waals surface area contributed by atoms with Gasteiger partial charge >= 0.3 is 5.97 Å². The van der Waals surface area contributed by atoms with Gasteiger partial charge in [0.2, 0.25) is 10.0 Å². The van der Waals surface area contributed by atoms with Crippen LogP contribution in [-0.2, 0) is 21.8 Å².